The average molecular weight is 274 g/mol. The molecule has 0 unspecified atom stereocenters. The van der Waals surface area contributed by atoms with E-state index >= 15 is 0 Å². The molecule has 0 atom stereocenters. The van der Waals surface area contributed by atoms with Crippen molar-refractivity contribution in [2.45, 2.75) is 23.1 Å². The van der Waals surface area contributed by atoms with E-state index < -0.39 is 19.7 Å². The molecular weight excluding hydrogens is 260 g/mol. The van der Waals surface area contributed by atoms with Crippen LogP contribution in [0, 0.1) is 0 Å². The lowest BCUT2D eigenvalue weighted by molar-refractivity contribution is 0.593. The lowest BCUT2D eigenvalue weighted by Crippen LogP contribution is -2.06. The maximum absolute atomic E-state index is 11.7. The molecule has 0 radical (unpaired) electrons. The molecule has 0 aliphatic rings. The minimum Gasteiger partial charge on any atom is -0.224 e. The highest BCUT2D eigenvalue weighted by Crippen LogP contribution is 2.17. The Bertz CT molecular complexity index is 595. The van der Waals surface area contributed by atoms with E-state index in [0.717, 1.165) is 5.41 Å². The summed E-state index contributed by atoms with van der Waals surface area (Å²) in [6.45, 7) is 4.98. The van der Waals surface area contributed by atoms with Gasteiger partial charge in [-0.1, -0.05) is 13.5 Å². The summed E-state index contributed by atoms with van der Waals surface area (Å²) in [7, 11) is -6.80. The first-order chi connectivity index (χ1) is 7.83. The Morgan fingerprint density at radius 2 is 1.53 bits per heavy atom. The molecule has 17 heavy (non-hydrogen) atoms. The van der Waals surface area contributed by atoms with Gasteiger partial charge >= 0.3 is 0 Å². The van der Waals surface area contributed by atoms with Gasteiger partial charge in [0.05, 0.1) is 15.5 Å². The quantitative estimate of drug-likeness (QED) is 0.821. The molecule has 0 aromatic heterocycles. The summed E-state index contributed by atoms with van der Waals surface area (Å²) in [6, 6.07) is 5.17. The molecule has 0 bridgehead atoms. The average Bonchev–Trinajstić information content (AvgIpc) is 2.29. The van der Waals surface area contributed by atoms with E-state index in [1.807, 2.05) is 0 Å². The molecule has 0 saturated heterocycles. The molecule has 0 spiro atoms. The largest absolute Gasteiger partial charge is 0.224 e. The van der Waals surface area contributed by atoms with Gasteiger partial charge in [-0.25, -0.2) is 16.8 Å². The predicted molar refractivity (Wildman–Crippen MR) is 66.2 cm³/mol. The Morgan fingerprint density at radius 1 is 1.06 bits per heavy atom. The van der Waals surface area contributed by atoms with Gasteiger partial charge < -0.3 is 0 Å². The van der Waals surface area contributed by atoms with Crippen molar-refractivity contribution in [1.29, 1.82) is 0 Å². The molecule has 1 aromatic rings. The Hall–Kier alpha value is -1.14. The summed E-state index contributed by atoms with van der Waals surface area (Å²) < 4.78 is 46.2. The fraction of sp³-hybridized carbons (Fsp3) is 0.273. The number of hydrogen-bond donors (Lipinski definition) is 0. The maximum atomic E-state index is 11.7. The monoisotopic (exact) mass is 274 g/mol. The number of rotatable bonds is 5. The third-order valence-corrected chi connectivity index (χ3v) is 5.51. The van der Waals surface area contributed by atoms with Crippen LogP contribution >= 0.6 is 0 Å². The minimum atomic E-state index is -3.50. The minimum absolute atomic E-state index is 0.0444. The van der Waals surface area contributed by atoms with Gasteiger partial charge in [-0.05, 0) is 30.7 Å². The molecule has 1 aromatic carbocycles. The summed E-state index contributed by atoms with van der Waals surface area (Å²) in [4.78, 5) is 0.185. The molecule has 94 valence electrons. The molecule has 1 rings (SSSR count). The zero-order valence-electron chi connectivity index (χ0n) is 9.46. The van der Waals surface area contributed by atoms with Crippen molar-refractivity contribution in [3.05, 3.63) is 36.3 Å². The van der Waals surface area contributed by atoms with Crippen LogP contribution < -0.4 is 0 Å². The van der Waals surface area contributed by atoms with E-state index in [9.17, 15) is 16.8 Å². The Kier molecular flexibility index (Phi) is 4.11. The smallest absolute Gasteiger partial charge is 0.199 e. The molecular formula is C11H14O4S2. The van der Waals surface area contributed by atoms with Crippen molar-refractivity contribution in [3.8, 4) is 0 Å². The summed E-state index contributed by atoms with van der Waals surface area (Å²) in [5.74, 6) is 0.0561. The molecule has 6 heteroatoms. The zero-order chi connectivity index (χ0) is 13.1. The second kappa shape index (κ2) is 5.01. The van der Waals surface area contributed by atoms with Crippen molar-refractivity contribution in [3.63, 3.8) is 0 Å². The Labute approximate surface area is 102 Å². The fourth-order valence-corrected chi connectivity index (χ4v) is 3.35. The third kappa shape index (κ3) is 3.17. The lowest BCUT2D eigenvalue weighted by atomic mass is 10.4. The maximum Gasteiger partial charge on any atom is 0.199 e. The van der Waals surface area contributed by atoms with Crippen LogP contribution in [0.4, 0.5) is 0 Å². The van der Waals surface area contributed by atoms with Gasteiger partial charge in [0.15, 0.2) is 19.7 Å². The molecule has 4 nitrogen and oxygen atoms in total. The van der Waals surface area contributed by atoms with Gasteiger partial charge in [-0.15, -0.1) is 0 Å². The molecule has 0 N–H and O–H groups in total. The van der Waals surface area contributed by atoms with Crippen LogP contribution in [0.3, 0.4) is 0 Å². The van der Waals surface area contributed by atoms with Crippen molar-refractivity contribution in [2.24, 2.45) is 0 Å². The first kappa shape index (κ1) is 13.9. The molecule has 0 heterocycles. The Morgan fingerprint density at radius 3 is 1.94 bits per heavy atom. The SMILES string of the molecule is C=CS(=O)(=O)c1ccc(S(=O)(=O)CCC)cc1. The van der Waals surface area contributed by atoms with Gasteiger partial charge in [0.2, 0.25) is 0 Å². The first-order valence-corrected chi connectivity index (χ1v) is 8.23. The number of benzene rings is 1. The molecule has 0 aliphatic heterocycles. The summed E-state index contributed by atoms with van der Waals surface area (Å²) in [6.07, 6.45) is 0.523. The van der Waals surface area contributed by atoms with E-state index in [0.29, 0.717) is 6.42 Å². The van der Waals surface area contributed by atoms with Crippen molar-refractivity contribution in [2.75, 3.05) is 5.75 Å². The normalized spacial score (nSPS) is 12.3. The number of hydrogen-bond acceptors (Lipinski definition) is 4. The molecule has 0 aliphatic carbocycles. The predicted octanol–water partition coefficient (Wildman–Crippen LogP) is 1.79. The summed E-state index contributed by atoms with van der Waals surface area (Å²) >= 11 is 0. The highest BCUT2D eigenvalue weighted by Gasteiger charge is 2.15. The van der Waals surface area contributed by atoms with Crippen molar-refractivity contribution < 1.29 is 16.8 Å². The van der Waals surface area contributed by atoms with Crippen LogP contribution in [0.2, 0.25) is 0 Å². The van der Waals surface area contributed by atoms with Crippen molar-refractivity contribution in [1.82, 2.24) is 0 Å². The molecule has 0 amide bonds. The topological polar surface area (TPSA) is 68.3 Å². The van der Waals surface area contributed by atoms with Gasteiger partial charge in [0.1, 0.15) is 0 Å². The second-order valence-corrected chi connectivity index (χ2v) is 7.51. The van der Waals surface area contributed by atoms with Gasteiger partial charge in [-0.3, -0.25) is 0 Å². The molecule has 0 fully saturated rings. The summed E-state index contributed by atoms with van der Waals surface area (Å²) in [5, 5.41) is 0.836. The van der Waals surface area contributed by atoms with Crippen LogP contribution in [-0.4, -0.2) is 22.6 Å². The van der Waals surface area contributed by atoms with E-state index in [1.165, 1.54) is 24.3 Å². The zero-order valence-corrected chi connectivity index (χ0v) is 11.1. The first-order valence-electron chi connectivity index (χ1n) is 5.04. The third-order valence-electron chi connectivity index (χ3n) is 2.20. The van der Waals surface area contributed by atoms with Gasteiger partial charge in [-0.2, -0.15) is 0 Å². The van der Waals surface area contributed by atoms with Crippen LogP contribution in [0.25, 0.3) is 0 Å². The van der Waals surface area contributed by atoms with Crippen LogP contribution in [0.1, 0.15) is 13.3 Å². The highest BCUT2D eigenvalue weighted by atomic mass is 32.2. The Balaban J connectivity index is 3.18. The van der Waals surface area contributed by atoms with Crippen molar-refractivity contribution >= 4 is 19.7 Å². The van der Waals surface area contributed by atoms with Gasteiger partial charge in [0.25, 0.3) is 0 Å². The highest BCUT2D eigenvalue weighted by molar-refractivity contribution is 7.94. The second-order valence-electron chi connectivity index (χ2n) is 3.50. The lowest BCUT2D eigenvalue weighted by Gasteiger charge is -2.04. The number of sulfone groups is 2. The van der Waals surface area contributed by atoms with E-state index in [2.05, 4.69) is 6.58 Å². The van der Waals surface area contributed by atoms with Crippen LogP contribution in [0.5, 0.6) is 0 Å². The van der Waals surface area contributed by atoms with E-state index in [1.54, 1.807) is 6.92 Å². The standard InChI is InChI=1S/C11H14O4S2/c1-3-9-17(14,15)11-7-5-10(6-8-11)16(12,13)4-2/h4-8H,2-3,9H2,1H3. The van der Waals surface area contributed by atoms with Crippen LogP contribution in [0.15, 0.2) is 46.0 Å². The fourth-order valence-electron chi connectivity index (χ4n) is 1.32. The molecule has 0 saturated carbocycles. The van der Waals surface area contributed by atoms with Gasteiger partial charge in [0, 0.05) is 5.41 Å². The van der Waals surface area contributed by atoms with Crippen LogP contribution in [-0.2, 0) is 19.7 Å². The summed E-state index contributed by atoms with van der Waals surface area (Å²) in [5.41, 5.74) is 0. The van der Waals surface area contributed by atoms with E-state index in [-0.39, 0.29) is 15.5 Å². The van der Waals surface area contributed by atoms with E-state index in [4.69, 9.17) is 0 Å².